The highest BCUT2D eigenvalue weighted by Gasteiger charge is 2.32. The molecule has 0 aromatic rings. The Balaban J connectivity index is 2.45. The van der Waals surface area contributed by atoms with E-state index in [9.17, 15) is 4.79 Å². The van der Waals surface area contributed by atoms with E-state index in [1.165, 1.54) is 0 Å². The zero-order valence-corrected chi connectivity index (χ0v) is 10.2. The molecule has 0 spiro atoms. The quantitative estimate of drug-likeness (QED) is 0.722. The molecular formula is C10H19ClN2O2. The van der Waals surface area contributed by atoms with Crippen molar-refractivity contribution in [3.63, 3.8) is 0 Å². The Kier molecular flexibility index (Phi) is 4.37. The van der Waals surface area contributed by atoms with Gasteiger partial charge in [-0.25, -0.2) is 0 Å². The molecule has 4 nitrogen and oxygen atoms in total. The maximum atomic E-state index is 10.6. The van der Waals surface area contributed by atoms with Gasteiger partial charge < -0.3 is 10.0 Å². The van der Waals surface area contributed by atoms with Gasteiger partial charge in [0.25, 0.3) is 0 Å². The van der Waals surface area contributed by atoms with E-state index in [0.717, 1.165) is 13.1 Å². The summed E-state index contributed by atoms with van der Waals surface area (Å²) in [5.74, 6) is -0.365. The van der Waals surface area contributed by atoms with E-state index in [-0.39, 0.29) is 0 Å². The summed E-state index contributed by atoms with van der Waals surface area (Å²) >= 11 is 5.72. The van der Waals surface area contributed by atoms with Crippen LogP contribution in [0, 0.1) is 5.92 Å². The lowest BCUT2D eigenvalue weighted by atomic mass is 10.1. The van der Waals surface area contributed by atoms with E-state index in [0.29, 0.717) is 18.5 Å². The summed E-state index contributed by atoms with van der Waals surface area (Å²) in [5, 5.41) is 7.92. The summed E-state index contributed by atoms with van der Waals surface area (Å²) < 4.78 is 0. The number of alkyl halides is 1. The summed E-state index contributed by atoms with van der Waals surface area (Å²) in [6, 6.07) is 0.502. The van der Waals surface area contributed by atoms with E-state index in [2.05, 4.69) is 30.8 Å². The maximum absolute atomic E-state index is 10.6. The third-order valence-corrected chi connectivity index (χ3v) is 3.32. The van der Waals surface area contributed by atoms with Crippen molar-refractivity contribution < 1.29 is 9.90 Å². The molecule has 1 heterocycles. The predicted octanol–water partition coefficient (Wildman–Crippen LogP) is 0.560. The molecule has 1 fully saturated rings. The van der Waals surface area contributed by atoms with Crippen molar-refractivity contribution in [1.29, 1.82) is 0 Å². The fraction of sp³-hybridized carbons (Fsp3) is 0.900. The van der Waals surface area contributed by atoms with Gasteiger partial charge in [0.05, 0.1) is 0 Å². The van der Waals surface area contributed by atoms with Crippen LogP contribution in [0.25, 0.3) is 0 Å². The van der Waals surface area contributed by atoms with Crippen molar-refractivity contribution >= 4 is 17.6 Å². The minimum atomic E-state index is -0.933. The Morgan fingerprint density at radius 3 is 2.60 bits per heavy atom. The smallest absolute Gasteiger partial charge is 0.322 e. The Morgan fingerprint density at radius 2 is 2.20 bits per heavy atom. The number of likely N-dealkylation sites (tertiary alicyclic amines) is 1. The molecule has 1 rings (SSSR count). The van der Waals surface area contributed by atoms with Crippen LogP contribution in [-0.4, -0.2) is 66.0 Å². The molecule has 0 saturated carbocycles. The molecule has 0 aromatic carbocycles. The lowest BCUT2D eigenvalue weighted by Gasteiger charge is -2.22. The molecule has 1 aliphatic heterocycles. The molecular weight excluding hydrogens is 216 g/mol. The second kappa shape index (κ2) is 5.14. The van der Waals surface area contributed by atoms with E-state index in [1.807, 2.05) is 0 Å². The first-order valence-electron chi connectivity index (χ1n) is 5.17. The number of aliphatic carboxylic acids is 1. The third kappa shape index (κ3) is 3.33. The average molecular weight is 235 g/mol. The number of halogens is 1. The van der Waals surface area contributed by atoms with Crippen molar-refractivity contribution in [2.75, 3.05) is 33.7 Å². The Hall–Kier alpha value is -0.320. The van der Waals surface area contributed by atoms with Crippen LogP contribution in [0.2, 0.25) is 0 Å². The summed E-state index contributed by atoms with van der Waals surface area (Å²) in [4.78, 5) is 14.9. The van der Waals surface area contributed by atoms with Gasteiger partial charge in [0.15, 0.2) is 0 Å². The molecule has 3 unspecified atom stereocenters. The molecule has 3 atom stereocenters. The van der Waals surface area contributed by atoms with Crippen LogP contribution in [-0.2, 0) is 4.79 Å². The van der Waals surface area contributed by atoms with Gasteiger partial charge in [0, 0.05) is 25.7 Å². The van der Waals surface area contributed by atoms with Crippen molar-refractivity contribution in [3.8, 4) is 0 Å². The number of hydrogen-bond donors (Lipinski definition) is 1. The van der Waals surface area contributed by atoms with Gasteiger partial charge in [-0.2, -0.15) is 0 Å². The zero-order chi connectivity index (χ0) is 11.6. The van der Waals surface area contributed by atoms with Crippen molar-refractivity contribution in [1.82, 2.24) is 9.80 Å². The lowest BCUT2D eigenvalue weighted by Crippen LogP contribution is -2.36. The van der Waals surface area contributed by atoms with Gasteiger partial charge in [0.1, 0.15) is 5.38 Å². The van der Waals surface area contributed by atoms with E-state index >= 15 is 0 Å². The minimum absolute atomic E-state index is 0.436. The first-order chi connectivity index (χ1) is 6.91. The van der Waals surface area contributed by atoms with Gasteiger partial charge in [-0.05, 0) is 20.0 Å². The van der Waals surface area contributed by atoms with Crippen LogP contribution < -0.4 is 0 Å². The molecule has 1 aliphatic rings. The van der Waals surface area contributed by atoms with Gasteiger partial charge in [-0.15, -0.1) is 11.6 Å². The van der Waals surface area contributed by atoms with E-state index < -0.39 is 11.3 Å². The normalized spacial score (nSPS) is 29.7. The maximum Gasteiger partial charge on any atom is 0.322 e. The molecule has 0 amide bonds. The number of hydrogen-bond acceptors (Lipinski definition) is 3. The Labute approximate surface area is 95.8 Å². The second-order valence-electron chi connectivity index (χ2n) is 4.53. The SMILES string of the molecule is CC1CN(CC(Cl)C(=O)O)CC1N(C)C. The number of nitrogens with zero attached hydrogens (tertiary/aromatic N) is 2. The van der Waals surface area contributed by atoms with Gasteiger partial charge in [0.2, 0.25) is 0 Å². The van der Waals surface area contributed by atoms with Crippen LogP contribution in [0.4, 0.5) is 0 Å². The Morgan fingerprint density at radius 1 is 1.60 bits per heavy atom. The number of carbonyl (C=O) groups is 1. The standard InChI is InChI=1S/C10H19ClN2O2/c1-7-4-13(5-8(11)10(14)15)6-9(7)12(2)3/h7-9H,4-6H2,1-3H3,(H,14,15). The average Bonchev–Trinajstić information content (AvgIpc) is 2.46. The van der Waals surface area contributed by atoms with Crippen LogP contribution >= 0.6 is 11.6 Å². The molecule has 0 radical (unpaired) electrons. The van der Waals surface area contributed by atoms with Crippen molar-refractivity contribution in [2.24, 2.45) is 5.92 Å². The number of rotatable bonds is 4. The fourth-order valence-corrected chi connectivity index (χ4v) is 2.37. The van der Waals surface area contributed by atoms with E-state index in [4.69, 9.17) is 16.7 Å². The molecule has 88 valence electrons. The Bertz CT molecular complexity index is 235. The minimum Gasteiger partial charge on any atom is -0.480 e. The van der Waals surface area contributed by atoms with Crippen LogP contribution in [0.3, 0.4) is 0 Å². The van der Waals surface area contributed by atoms with Gasteiger partial charge in [-0.1, -0.05) is 6.92 Å². The molecule has 5 heteroatoms. The van der Waals surface area contributed by atoms with Crippen LogP contribution in [0.5, 0.6) is 0 Å². The monoisotopic (exact) mass is 234 g/mol. The molecule has 0 bridgehead atoms. The molecule has 15 heavy (non-hydrogen) atoms. The molecule has 0 aliphatic carbocycles. The number of carboxylic acids is 1. The second-order valence-corrected chi connectivity index (χ2v) is 5.06. The lowest BCUT2D eigenvalue weighted by molar-refractivity contribution is -0.136. The largest absolute Gasteiger partial charge is 0.480 e. The van der Waals surface area contributed by atoms with Crippen LogP contribution in [0.15, 0.2) is 0 Å². The zero-order valence-electron chi connectivity index (χ0n) is 9.48. The number of likely N-dealkylation sites (N-methyl/N-ethyl adjacent to an activating group) is 1. The van der Waals surface area contributed by atoms with Crippen LogP contribution in [0.1, 0.15) is 6.92 Å². The summed E-state index contributed by atoms with van der Waals surface area (Å²) in [5.41, 5.74) is 0. The predicted molar refractivity (Wildman–Crippen MR) is 60.4 cm³/mol. The summed E-state index contributed by atoms with van der Waals surface area (Å²) in [7, 11) is 4.11. The van der Waals surface area contributed by atoms with Gasteiger partial charge >= 0.3 is 5.97 Å². The van der Waals surface area contributed by atoms with Crippen molar-refractivity contribution in [2.45, 2.75) is 18.3 Å². The van der Waals surface area contributed by atoms with Gasteiger partial charge in [-0.3, -0.25) is 9.69 Å². The fourth-order valence-electron chi connectivity index (χ4n) is 2.17. The highest BCUT2D eigenvalue weighted by atomic mass is 35.5. The molecule has 0 aromatic heterocycles. The molecule has 1 saturated heterocycles. The first-order valence-corrected chi connectivity index (χ1v) is 5.61. The topological polar surface area (TPSA) is 43.8 Å². The molecule has 1 N–H and O–H groups in total. The highest BCUT2D eigenvalue weighted by molar-refractivity contribution is 6.29. The summed E-state index contributed by atoms with van der Waals surface area (Å²) in [6.45, 7) is 4.46. The highest BCUT2D eigenvalue weighted by Crippen LogP contribution is 2.20. The van der Waals surface area contributed by atoms with E-state index in [1.54, 1.807) is 0 Å². The number of carboxylic acid groups (broad SMARTS) is 1. The summed E-state index contributed by atoms with van der Waals surface area (Å²) in [6.07, 6.45) is 0. The first kappa shape index (κ1) is 12.7. The van der Waals surface area contributed by atoms with Crippen molar-refractivity contribution in [3.05, 3.63) is 0 Å². The third-order valence-electron chi connectivity index (χ3n) is 3.00.